The Kier molecular flexibility index (Phi) is 9.02. The monoisotopic (exact) mass is 578 g/mol. The largest absolute Gasteiger partial charge is 0.378 e. The number of rotatable bonds is 7. The number of benzene rings is 3. The molecule has 12 heteroatoms. The Labute approximate surface area is 242 Å². The summed E-state index contributed by atoms with van der Waals surface area (Å²) in [6.07, 6.45) is 0. The number of nitrogens with zero attached hydrogens (tertiary/aromatic N) is 4. The minimum absolute atomic E-state index is 0.0874. The first-order valence-corrected chi connectivity index (χ1v) is 13.8. The van der Waals surface area contributed by atoms with Crippen LogP contribution in [-0.4, -0.2) is 73.3 Å². The van der Waals surface area contributed by atoms with E-state index in [1.807, 2.05) is 41.3 Å². The van der Waals surface area contributed by atoms with Gasteiger partial charge in [0.25, 0.3) is 11.6 Å². The van der Waals surface area contributed by atoms with Crippen molar-refractivity contribution < 1.29 is 18.8 Å². The predicted molar refractivity (Wildman–Crippen MR) is 160 cm³/mol. The number of thiocarbonyl (C=S) groups is 1. The van der Waals surface area contributed by atoms with Crippen LogP contribution in [0.2, 0.25) is 0 Å². The molecule has 2 saturated heterocycles. The van der Waals surface area contributed by atoms with Gasteiger partial charge in [0.1, 0.15) is 11.5 Å². The second kappa shape index (κ2) is 13.0. The summed E-state index contributed by atoms with van der Waals surface area (Å²) in [4.78, 5) is 30.4. The Balaban J connectivity index is 1.13. The topological polar surface area (TPSA) is 103 Å². The van der Waals surface area contributed by atoms with E-state index < -0.39 is 10.8 Å². The summed E-state index contributed by atoms with van der Waals surface area (Å²) in [5.41, 5.74) is 2.93. The molecule has 5 rings (SSSR count). The molecule has 3 aromatic carbocycles. The van der Waals surface area contributed by atoms with Gasteiger partial charge in [-0.05, 0) is 54.7 Å². The van der Waals surface area contributed by atoms with Crippen molar-refractivity contribution in [3.05, 3.63) is 93.8 Å². The molecular weight excluding hydrogens is 547 g/mol. The number of piperazine rings is 1. The van der Waals surface area contributed by atoms with E-state index in [-0.39, 0.29) is 22.2 Å². The maximum Gasteiger partial charge on any atom is 0.293 e. The average Bonchev–Trinajstić information content (AvgIpc) is 2.99. The minimum atomic E-state index is -0.538. The van der Waals surface area contributed by atoms with Crippen LogP contribution in [0, 0.1) is 15.9 Å². The molecule has 0 aliphatic carbocycles. The molecule has 214 valence electrons. The fourth-order valence-electron chi connectivity index (χ4n) is 5.01. The summed E-state index contributed by atoms with van der Waals surface area (Å²) in [6, 6.07) is 19.0. The van der Waals surface area contributed by atoms with Gasteiger partial charge < -0.3 is 19.9 Å². The summed E-state index contributed by atoms with van der Waals surface area (Å²) in [7, 11) is 0. The Bertz CT molecular complexity index is 1410. The molecular formula is C29H31FN6O4S. The van der Waals surface area contributed by atoms with E-state index in [0.29, 0.717) is 49.8 Å². The van der Waals surface area contributed by atoms with Gasteiger partial charge in [-0.2, -0.15) is 0 Å². The van der Waals surface area contributed by atoms with E-state index in [1.165, 1.54) is 12.1 Å². The number of nitro benzene ring substituents is 1. The SMILES string of the molecule is O=C(NC(=S)Nc1ccc(N2CCN(Cc3ccccc3F)CC2)cc1)c1ccc(N2CCOCC2)c([N+](=O)[O-])c1. The van der Waals surface area contributed by atoms with Crippen molar-refractivity contribution in [2.75, 3.05) is 67.6 Å². The van der Waals surface area contributed by atoms with Crippen LogP contribution in [0.15, 0.2) is 66.7 Å². The molecule has 3 aromatic rings. The van der Waals surface area contributed by atoms with Crippen LogP contribution < -0.4 is 20.4 Å². The third-order valence-electron chi connectivity index (χ3n) is 7.23. The number of anilines is 3. The second-order valence-corrected chi connectivity index (χ2v) is 10.3. The quantitative estimate of drug-likeness (QED) is 0.245. The highest BCUT2D eigenvalue weighted by Crippen LogP contribution is 2.30. The van der Waals surface area contributed by atoms with Crippen LogP contribution in [0.5, 0.6) is 0 Å². The summed E-state index contributed by atoms with van der Waals surface area (Å²) in [5.74, 6) is -0.709. The molecule has 2 fully saturated rings. The Morgan fingerprint density at radius 2 is 1.66 bits per heavy atom. The first kappa shape index (κ1) is 28.4. The van der Waals surface area contributed by atoms with Crippen LogP contribution in [0.4, 0.5) is 27.1 Å². The molecule has 1 amide bonds. The summed E-state index contributed by atoms with van der Waals surface area (Å²) in [5, 5.41) is 17.4. The third-order valence-corrected chi connectivity index (χ3v) is 7.43. The van der Waals surface area contributed by atoms with Crippen molar-refractivity contribution in [3.63, 3.8) is 0 Å². The maximum atomic E-state index is 14.0. The van der Waals surface area contributed by atoms with Gasteiger partial charge in [0.2, 0.25) is 0 Å². The summed E-state index contributed by atoms with van der Waals surface area (Å²) in [6.45, 7) is 5.99. The van der Waals surface area contributed by atoms with Crippen molar-refractivity contribution in [2.45, 2.75) is 6.54 Å². The van der Waals surface area contributed by atoms with Gasteiger partial charge in [0, 0.05) is 74.4 Å². The average molecular weight is 579 g/mol. The Morgan fingerprint density at radius 1 is 0.951 bits per heavy atom. The van der Waals surface area contributed by atoms with Gasteiger partial charge >= 0.3 is 0 Å². The van der Waals surface area contributed by atoms with E-state index in [9.17, 15) is 19.3 Å². The second-order valence-electron chi connectivity index (χ2n) is 9.87. The lowest BCUT2D eigenvalue weighted by Crippen LogP contribution is -2.46. The number of carbonyl (C=O) groups is 1. The Hall–Kier alpha value is -4.13. The van der Waals surface area contributed by atoms with Crippen molar-refractivity contribution >= 4 is 46.0 Å². The lowest BCUT2D eigenvalue weighted by molar-refractivity contribution is -0.384. The number of morpholine rings is 1. The van der Waals surface area contributed by atoms with Gasteiger partial charge in [-0.1, -0.05) is 18.2 Å². The van der Waals surface area contributed by atoms with Gasteiger partial charge in [-0.25, -0.2) is 4.39 Å². The molecule has 2 heterocycles. The van der Waals surface area contributed by atoms with Gasteiger partial charge in [0.15, 0.2) is 5.11 Å². The highest BCUT2D eigenvalue weighted by atomic mass is 32.1. The number of nitro groups is 1. The molecule has 2 aliphatic rings. The van der Waals surface area contributed by atoms with E-state index >= 15 is 0 Å². The third kappa shape index (κ3) is 7.15. The lowest BCUT2D eigenvalue weighted by atomic mass is 10.1. The first-order valence-electron chi connectivity index (χ1n) is 13.4. The summed E-state index contributed by atoms with van der Waals surface area (Å²) < 4.78 is 19.3. The zero-order chi connectivity index (χ0) is 28.8. The standard InChI is InChI=1S/C29H31FN6O4S/c30-25-4-2-1-3-22(25)20-33-11-13-34(14-12-33)24-8-6-23(7-9-24)31-29(41)32-28(37)21-5-10-26(27(19-21)36(38)39)35-15-17-40-18-16-35/h1-10,19H,11-18,20H2,(H2,31,32,37,41). The molecule has 2 aliphatic heterocycles. The lowest BCUT2D eigenvalue weighted by Gasteiger charge is -2.36. The predicted octanol–water partition coefficient (Wildman–Crippen LogP) is 4.02. The minimum Gasteiger partial charge on any atom is -0.378 e. The zero-order valence-electron chi connectivity index (χ0n) is 22.4. The van der Waals surface area contributed by atoms with Crippen molar-refractivity contribution in [1.82, 2.24) is 10.2 Å². The molecule has 2 N–H and O–H groups in total. The number of halogens is 1. The molecule has 0 spiro atoms. The normalized spacial score (nSPS) is 15.8. The van der Waals surface area contributed by atoms with Crippen molar-refractivity contribution in [3.8, 4) is 0 Å². The fourth-order valence-corrected chi connectivity index (χ4v) is 5.22. The molecule has 0 radical (unpaired) electrons. The Morgan fingerprint density at radius 3 is 2.34 bits per heavy atom. The number of hydrogen-bond acceptors (Lipinski definition) is 8. The molecule has 41 heavy (non-hydrogen) atoms. The smallest absolute Gasteiger partial charge is 0.293 e. The number of nitrogens with one attached hydrogen (secondary N) is 2. The number of hydrogen-bond donors (Lipinski definition) is 2. The molecule has 0 aromatic heterocycles. The van der Waals surface area contributed by atoms with Crippen LogP contribution in [0.3, 0.4) is 0 Å². The van der Waals surface area contributed by atoms with E-state index in [4.69, 9.17) is 17.0 Å². The van der Waals surface area contributed by atoms with Gasteiger partial charge in [0.05, 0.1) is 18.1 Å². The zero-order valence-corrected chi connectivity index (χ0v) is 23.2. The van der Waals surface area contributed by atoms with E-state index in [1.54, 1.807) is 18.2 Å². The van der Waals surface area contributed by atoms with Crippen LogP contribution in [0.1, 0.15) is 15.9 Å². The van der Waals surface area contributed by atoms with Crippen LogP contribution >= 0.6 is 12.2 Å². The van der Waals surface area contributed by atoms with E-state index in [0.717, 1.165) is 31.9 Å². The highest BCUT2D eigenvalue weighted by molar-refractivity contribution is 7.80. The van der Waals surface area contributed by atoms with Crippen LogP contribution in [0.25, 0.3) is 0 Å². The first-order chi connectivity index (χ1) is 19.9. The van der Waals surface area contributed by atoms with Crippen LogP contribution in [-0.2, 0) is 11.3 Å². The number of ether oxygens (including phenoxy) is 1. The summed E-state index contributed by atoms with van der Waals surface area (Å²) >= 11 is 5.32. The number of amides is 1. The molecule has 0 unspecified atom stereocenters. The highest BCUT2D eigenvalue weighted by Gasteiger charge is 2.24. The number of carbonyl (C=O) groups excluding carboxylic acids is 1. The van der Waals surface area contributed by atoms with Crippen molar-refractivity contribution in [2.24, 2.45) is 0 Å². The van der Waals surface area contributed by atoms with E-state index in [2.05, 4.69) is 20.4 Å². The molecule has 0 saturated carbocycles. The van der Waals surface area contributed by atoms with Crippen molar-refractivity contribution in [1.29, 1.82) is 0 Å². The maximum absolute atomic E-state index is 14.0. The van der Waals surface area contributed by atoms with Gasteiger partial charge in [-0.15, -0.1) is 0 Å². The molecule has 10 nitrogen and oxygen atoms in total. The fraction of sp³-hybridized carbons (Fsp3) is 0.310. The molecule has 0 bridgehead atoms. The molecule has 0 atom stereocenters. The van der Waals surface area contributed by atoms with Gasteiger partial charge in [-0.3, -0.25) is 25.1 Å².